The van der Waals surface area contributed by atoms with E-state index in [1.165, 1.54) is 19.1 Å². The molecule has 1 unspecified atom stereocenters. The first kappa shape index (κ1) is 43.8. The Morgan fingerprint density at radius 2 is 1.21 bits per heavy atom. The second-order valence-electron chi connectivity index (χ2n) is 16.3. The molecule has 0 heterocycles. The van der Waals surface area contributed by atoms with Crippen LogP contribution in [0.5, 0.6) is 11.5 Å². The Labute approximate surface area is 400 Å². The minimum Gasteiger partial charge on any atom is -0.494 e. The summed E-state index contributed by atoms with van der Waals surface area (Å²) in [5.74, 6) is 0.0770. The Kier molecular flexibility index (Phi) is 11.3. The standard InChI is InChI=1S/C55H39Cl2N6O5/c1-62(46-22-11-9-20-43(46)56)55(66)42-28-32-14-5-7-16-35(32)50(53(42)67-3)61-59-45-27-26-38-37-25-24-34(30-41(37)52(65)40-19-13-18-39(45)49(38)40)58-60-51-36-17-8-6-15-33(36)29-48(54(51)68-4)63(2,31-64)47-23-12-10-21-44(47)57/h5-31H,1-4H3/q+1. The Morgan fingerprint density at radius 1 is 0.588 bits per heavy atom. The summed E-state index contributed by atoms with van der Waals surface area (Å²) in [6.45, 7) is 0. The zero-order valence-corrected chi connectivity index (χ0v) is 38.6. The summed E-state index contributed by atoms with van der Waals surface area (Å²) in [4.78, 5) is 43.1. The normalized spacial score (nSPS) is 13.0. The van der Waals surface area contributed by atoms with Crippen molar-refractivity contribution in [3.63, 3.8) is 0 Å². The lowest BCUT2D eigenvalue weighted by atomic mass is 9.82. The number of quaternary nitrogens is 1. The maximum absolute atomic E-state index is 14.5. The van der Waals surface area contributed by atoms with E-state index in [0.717, 1.165) is 49.9 Å². The van der Waals surface area contributed by atoms with Gasteiger partial charge in [0.1, 0.15) is 16.4 Å². The second kappa shape index (κ2) is 17.6. The molecule has 1 aliphatic rings. The van der Waals surface area contributed by atoms with Gasteiger partial charge < -0.3 is 14.4 Å². The lowest BCUT2D eigenvalue weighted by Gasteiger charge is -2.29. The smallest absolute Gasteiger partial charge is 0.311 e. The largest absolute Gasteiger partial charge is 0.494 e. The number of halogens is 2. The van der Waals surface area contributed by atoms with Crippen molar-refractivity contribution in [3.8, 4) is 22.6 Å². The zero-order valence-electron chi connectivity index (χ0n) is 37.1. The van der Waals surface area contributed by atoms with Crippen molar-refractivity contribution in [2.24, 2.45) is 20.5 Å². The van der Waals surface area contributed by atoms with E-state index in [1.807, 2.05) is 109 Å². The molecular formula is C55H39Cl2N6O5+. The first-order valence-corrected chi connectivity index (χ1v) is 22.2. The van der Waals surface area contributed by atoms with Crippen LogP contribution in [0.25, 0.3) is 43.4 Å². The number of hydrogen-bond donors (Lipinski definition) is 0. The van der Waals surface area contributed by atoms with Crippen molar-refractivity contribution in [1.29, 1.82) is 0 Å². The minimum atomic E-state index is -0.339. The summed E-state index contributed by atoms with van der Waals surface area (Å²) < 4.78 is 11.6. The number of fused-ring (bicyclic) bond motifs is 4. The molecule has 9 aromatic rings. The molecular weight excluding hydrogens is 896 g/mol. The summed E-state index contributed by atoms with van der Waals surface area (Å²) in [6.07, 6.45) is 0.805. The summed E-state index contributed by atoms with van der Waals surface area (Å²) in [7, 11) is 6.43. The lowest BCUT2D eigenvalue weighted by Crippen LogP contribution is -2.38. The van der Waals surface area contributed by atoms with Crippen molar-refractivity contribution >= 4 is 113 Å². The Bertz CT molecular complexity index is 3650. The van der Waals surface area contributed by atoms with Gasteiger partial charge in [0.25, 0.3) is 5.91 Å². The predicted molar refractivity (Wildman–Crippen MR) is 271 cm³/mol. The minimum absolute atomic E-state index is 0.186. The molecule has 0 aliphatic heterocycles. The molecule has 11 nitrogen and oxygen atoms in total. The van der Waals surface area contributed by atoms with Crippen molar-refractivity contribution in [3.05, 3.63) is 184 Å². The Morgan fingerprint density at radius 3 is 1.91 bits per heavy atom. The highest BCUT2D eigenvalue weighted by molar-refractivity contribution is 6.34. The van der Waals surface area contributed by atoms with Gasteiger partial charge in [-0.05, 0) is 64.4 Å². The van der Waals surface area contributed by atoms with Crippen LogP contribution >= 0.6 is 23.2 Å². The third-order valence-electron chi connectivity index (χ3n) is 12.5. The number of nitrogens with zero attached hydrogens (tertiary/aromatic N) is 6. The van der Waals surface area contributed by atoms with Gasteiger partial charge in [0, 0.05) is 51.9 Å². The molecule has 0 saturated carbocycles. The number of azo groups is 2. The molecule has 0 N–H and O–H groups in total. The fourth-order valence-corrected chi connectivity index (χ4v) is 9.64. The average molecular weight is 935 g/mol. The third kappa shape index (κ3) is 7.24. The molecule has 0 spiro atoms. The van der Waals surface area contributed by atoms with Crippen molar-refractivity contribution in [2.75, 3.05) is 33.2 Å². The maximum atomic E-state index is 14.5. The Hall–Kier alpha value is -8.09. The number of para-hydroxylation sites is 2. The highest BCUT2D eigenvalue weighted by Gasteiger charge is 2.36. The van der Waals surface area contributed by atoms with E-state index in [0.29, 0.717) is 66.7 Å². The number of rotatable bonds is 11. The molecule has 2 amide bonds. The number of carbonyl (C=O) groups excluding carboxylic acids is 3. The van der Waals surface area contributed by atoms with Gasteiger partial charge in [-0.15, -0.1) is 15.3 Å². The summed E-state index contributed by atoms with van der Waals surface area (Å²) in [6, 6.07) is 48.0. The zero-order chi connectivity index (χ0) is 47.3. The number of amides is 2. The molecule has 0 bridgehead atoms. The summed E-state index contributed by atoms with van der Waals surface area (Å²) in [5, 5.41) is 24.4. The van der Waals surface area contributed by atoms with E-state index < -0.39 is 0 Å². The van der Waals surface area contributed by atoms with Crippen LogP contribution in [-0.2, 0) is 4.79 Å². The van der Waals surface area contributed by atoms with Crippen LogP contribution in [0.2, 0.25) is 10.0 Å². The van der Waals surface area contributed by atoms with Crippen LogP contribution in [0.4, 0.5) is 39.8 Å². The van der Waals surface area contributed by atoms with E-state index in [-0.39, 0.29) is 27.5 Å². The number of ether oxygens (including phenoxy) is 2. The first-order valence-electron chi connectivity index (χ1n) is 21.4. The van der Waals surface area contributed by atoms with Crippen LogP contribution in [0, 0.1) is 0 Å². The molecule has 1 atom stereocenters. The van der Waals surface area contributed by atoms with Crippen LogP contribution in [0.15, 0.2) is 178 Å². The second-order valence-corrected chi connectivity index (χ2v) is 17.1. The van der Waals surface area contributed by atoms with Crippen LogP contribution in [-0.4, -0.2) is 46.4 Å². The van der Waals surface area contributed by atoms with Gasteiger partial charge in [0.05, 0.1) is 48.9 Å². The molecule has 0 fully saturated rings. The summed E-state index contributed by atoms with van der Waals surface area (Å²) in [5.41, 5.74) is 6.18. The first-order chi connectivity index (χ1) is 33.1. The van der Waals surface area contributed by atoms with Crippen molar-refractivity contribution < 1.29 is 23.9 Å². The quantitative estimate of drug-likeness (QED) is 0.0726. The van der Waals surface area contributed by atoms with E-state index in [2.05, 4.69) is 5.11 Å². The van der Waals surface area contributed by atoms with Crippen molar-refractivity contribution in [2.45, 2.75) is 0 Å². The molecule has 0 radical (unpaired) electrons. The number of benzene rings is 9. The van der Waals surface area contributed by atoms with Crippen molar-refractivity contribution in [1.82, 2.24) is 4.48 Å². The lowest BCUT2D eigenvalue weighted by molar-refractivity contribution is -0.114. The van der Waals surface area contributed by atoms with E-state index >= 15 is 0 Å². The number of carbonyl (C=O) groups is 3. The van der Waals surface area contributed by atoms with Gasteiger partial charge in [-0.25, -0.2) is 4.79 Å². The fraction of sp³-hybridized carbons (Fsp3) is 0.0727. The van der Waals surface area contributed by atoms with Crippen LogP contribution < -0.4 is 18.9 Å². The molecule has 13 heteroatoms. The topological polar surface area (TPSA) is 122 Å². The molecule has 10 rings (SSSR count). The third-order valence-corrected chi connectivity index (χ3v) is 13.1. The number of ketones is 1. The number of hydrogen-bond acceptors (Lipinski definition) is 9. The predicted octanol–water partition coefficient (Wildman–Crippen LogP) is 15.2. The van der Waals surface area contributed by atoms with E-state index in [4.69, 9.17) is 48.0 Å². The van der Waals surface area contributed by atoms with E-state index in [9.17, 15) is 14.4 Å². The average Bonchev–Trinajstić information content (AvgIpc) is 3.37. The van der Waals surface area contributed by atoms with Gasteiger partial charge >= 0.3 is 6.41 Å². The Balaban J connectivity index is 1.03. The van der Waals surface area contributed by atoms with Gasteiger partial charge in [-0.3, -0.25) is 9.59 Å². The number of methoxy groups -OCH3 is 2. The molecule has 68 heavy (non-hydrogen) atoms. The van der Waals surface area contributed by atoms with Gasteiger partial charge in [-0.2, -0.15) is 9.60 Å². The van der Waals surface area contributed by atoms with E-state index in [1.54, 1.807) is 62.6 Å². The van der Waals surface area contributed by atoms with Crippen LogP contribution in [0.1, 0.15) is 26.3 Å². The highest BCUT2D eigenvalue weighted by atomic mass is 35.5. The van der Waals surface area contributed by atoms with Gasteiger partial charge in [-0.1, -0.05) is 126 Å². The molecule has 9 aromatic carbocycles. The van der Waals surface area contributed by atoms with Gasteiger partial charge in [0.15, 0.2) is 22.9 Å². The highest BCUT2D eigenvalue weighted by Crippen LogP contribution is 2.51. The van der Waals surface area contributed by atoms with Crippen LogP contribution in [0.3, 0.4) is 0 Å². The maximum Gasteiger partial charge on any atom is 0.311 e. The monoisotopic (exact) mass is 933 g/mol. The number of anilines is 1. The van der Waals surface area contributed by atoms with Gasteiger partial charge in [0.2, 0.25) is 5.75 Å². The molecule has 1 aliphatic carbocycles. The molecule has 332 valence electrons. The molecule has 0 saturated heterocycles. The summed E-state index contributed by atoms with van der Waals surface area (Å²) >= 11 is 13.2. The fourth-order valence-electron chi connectivity index (χ4n) is 9.07. The molecule has 0 aromatic heterocycles. The SMILES string of the molecule is COc1c(C(=O)N(C)c2ccccc2Cl)cc2ccccc2c1N=Nc1ccc2c3c(cccc13)C(=O)c1cc(N=Nc3c(OC)c([N+](C)(C=O)c4ccccc4Cl)cc4ccccc34)ccc1-2.